The van der Waals surface area contributed by atoms with Gasteiger partial charge in [0.25, 0.3) is 0 Å². The van der Waals surface area contributed by atoms with Crippen molar-refractivity contribution in [3.8, 4) is 0 Å². The van der Waals surface area contributed by atoms with Crippen molar-refractivity contribution in [1.82, 2.24) is 36.4 Å². The summed E-state index contributed by atoms with van der Waals surface area (Å²) >= 11 is 3.39. The van der Waals surface area contributed by atoms with E-state index in [1.54, 1.807) is 33.6 Å². The van der Waals surface area contributed by atoms with E-state index in [0.717, 1.165) is 93.1 Å². The van der Waals surface area contributed by atoms with Crippen molar-refractivity contribution in [2.45, 2.75) is 98.1 Å². The average Bonchev–Trinajstić information content (AvgIpc) is 3.65. The van der Waals surface area contributed by atoms with Crippen LogP contribution in [0.2, 0.25) is 0 Å². The second-order valence-corrected chi connectivity index (χ2v) is 16.0. The number of hydrogen-bond donors (Lipinski definition) is 6. The molecule has 2 aliphatic rings. The third-order valence-electron chi connectivity index (χ3n) is 9.83. The second-order valence-electron chi connectivity index (χ2n) is 13.4. The lowest BCUT2D eigenvalue weighted by Gasteiger charge is -2.32. The molecule has 0 saturated carbocycles. The quantitative estimate of drug-likeness (QED) is 0.0951. The zero-order valence-electron chi connectivity index (χ0n) is 30.0. The van der Waals surface area contributed by atoms with Gasteiger partial charge in [-0.25, -0.2) is 25.5 Å². The number of thiazole rings is 1. The number of aryl methyl sites for hydroxylation is 3. The highest BCUT2D eigenvalue weighted by atomic mass is 32.1. The maximum atomic E-state index is 12.5. The number of nitrogens with zero attached hydrogens (tertiary/aromatic N) is 3. The van der Waals surface area contributed by atoms with Gasteiger partial charge in [-0.05, 0) is 101 Å². The molecule has 0 unspecified atom stereocenters. The van der Waals surface area contributed by atoms with Crippen LogP contribution in [-0.2, 0) is 22.7 Å². The number of rotatable bonds is 12. The predicted octanol–water partition coefficient (Wildman–Crippen LogP) is 6.16. The van der Waals surface area contributed by atoms with E-state index in [0.29, 0.717) is 37.8 Å². The standard InChI is InChI=1S/C20H27N3O3S.C16H26N4O3S/c1-14-16-6-2-3-7-17(16)27-18(14)13-21-20(25)23-11-9-15(10-12-23)5-4-8-19(24)22-26;1-11-14(18-12(2)24-11)10-17-16(22)20-8-6-13(7-9-20)4-3-5-15(21)19-23/h2-3,6-7,15,26H,4-5,8-13H2,1H3,(H,21,25)(H,22,24);13,23H,3-10H2,1-2H3,(H,17,22)(H,19,21). The number of hydrogen-bond acceptors (Lipinski definition) is 9. The van der Waals surface area contributed by atoms with E-state index < -0.39 is 0 Å². The minimum Gasteiger partial charge on any atom is -0.333 e. The first-order valence-corrected chi connectivity index (χ1v) is 19.5. The first-order chi connectivity index (χ1) is 24.6. The summed E-state index contributed by atoms with van der Waals surface area (Å²) in [5, 5.41) is 25.3. The molecule has 2 aromatic heterocycles. The minimum absolute atomic E-state index is 0.00460. The molecule has 2 fully saturated rings. The van der Waals surface area contributed by atoms with E-state index in [1.165, 1.54) is 20.5 Å². The van der Waals surface area contributed by atoms with E-state index in [4.69, 9.17) is 10.4 Å². The maximum Gasteiger partial charge on any atom is 0.317 e. The highest BCUT2D eigenvalue weighted by Crippen LogP contribution is 2.30. The maximum absolute atomic E-state index is 12.5. The number of nitrogens with one attached hydrogen (secondary N) is 4. The molecule has 2 saturated heterocycles. The van der Waals surface area contributed by atoms with Gasteiger partial charge < -0.3 is 20.4 Å². The van der Waals surface area contributed by atoms with Crippen LogP contribution in [0.4, 0.5) is 9.59 Å². The molecule has 6 amide bonds. The zero-order valence-corrected chi connectivity index (χ0v) is 31.6. The Kier molecular flexibility index (Phi) is 15.9. The average molecular weight is 744 g/mol. The Labute approximate surface area is 308 Å². The van der Waals surface area contributed by atoms with Crippen LogP contribution in [0, 0.1) is 32.6 Å². The van der Waals surface area contributed by atoms with Gasteiger partial charge in [-0.2, -0.15) is 0 Å². The van der Waals surface area contributed by atoms with Crippen LogP contribution in [-0.4, -0.2) is 75.3 Å². The molecule has 51 heavy (non-hydrogen) atoms. The van der Waals surface area contributed by atoms with Gasteiger partial charge in [0, 0.05) is 53.5 Å². The summed E-state index contributed by atoms with van der Waals surface area (Å²) < 4.78 is 1.26. The minimum atomic E-state index is -0.334. The highest BCUT2D eigenvalue weighted by molar-refractivity contribution is 7.19. The lowest BCUT2D eigenvalue weighted by Crippen LogP contribution is -2.44. The van der Waals surface area contributed by atoms with Crippen LogP contribution >= 0.6 is 22.7 Å². The monoisotopic (exact) mass is 743 g/mol. The molecule has 13 nitrogen and oxygen atoms in total. The molecule has 0 aliphatic carbocycles. The number of urea groups is 2. The van der Waals surface area contributed by atoms with Crippen LogP contribution in [0.5, 0.6) is 0 Å². The number of likely N-dealkylation sites (tertiary alicyclic amines) is 2. The molecule has 0 radical (unpaired) electrons. The van der Waals surface area contributed by atoms with Crippen LogP contribution in [0.25, 0.3) is 10.1 Å². The molecule has 280 valence electrons. The number of hydroxylamine groups is 2. The van der Waals surface area contributed by atoms with Crippen molar-refractivity contribution in [2.24, 2.45) is 11.8 Å². The number of thiophene rings is 1. The smallest absolute Gasteiger partial charge is 0.317 e. The molecule has 2 aliphatic heterocycles. The van der Waals surface area contributed by atoms with Crippen LogP contribution in [0.15, 0.2) is 24.3 Å². The Balaban J connectivity index is 0.000000230. The molecule has 0 atom stereocenters. The Morgan fingerprint density at radius 3 is 1.75 bits per heavy atom. The normalized spacial score (nSPS) is 15.2. The Bertz CT molecular complexity index is 1600. The fraction of sp³-hybridized carbons (Fsp3) is 0.583. The summed E-state index contributed by atoms with van der Waals surface area (Å²) in [4.78, 5) is 57.3. The van der Waals surface area contributed by atoms with Gasteiger partial charge in [-0.3, -0.25) is 20.0 Å². The third-order valence-corrected chi connectivity index (χ3v) is 12.0. The van der Waals surface area contributed by atoms with Gasteiger partial charge in [0.15, 0.2) is 0 Å². The largest absolute Gasteiger partial charge is 0.333 e. The van der Waals surface area contributed by atoms with Crippen molar-refractivity contribution in [2.75, 3.05) is 26.2 Å². The first-order valence-electron chi connectivity index (χ1n) is 17.9. The van der Waals surface area contributed by atoms with Gasteiger partial charge in [-0.1, -0.05) is 18.2 Å². The van der Waals surface area contributed by atoms with E-state index in [2.05, 4.69) is 34.7 Å². The Morgan fingerprint density at radius 1 is 0.765 bits per heavy atom. The van der Waals surface area contributed by atoms with Gasteiger partial charge in [0.05, 0.1) is 23.8 Å². The summed E-state index contributed by atoms with van der Waals surface area (Å²) in [6.45, 7) is 10.2. The second kappa shape index (κ2) is 20.3. The van der Waals surface area contributed by atoms with E-state index in [1.807, 2.05) is 35.8 Å². The number of piperidine rings is 2. The van der Waals surface area contributed by atoms with E-state index in [9.17, 15) is 19.2 Å². The topological polar surface area (TPSA) is 176 Å². The summed E-state index contributed by atoms with van der Waals surface area (Å²) in [6.07, 6.45) is 8.03. The fourth-order valence-corrected chi connectivity index (χ4v) is 8.72. The van der Waals surface area contributed by atoms with Crippen molar-refractivity contribution < 1.29 is 29.6 Å². The number of aromatic nitrogens is 1. The molecule has 4 heterocycles. The molecule has 6 N–H and O–H groups in total. The van der Waals surface area contributed by atoms with Crippen LogP contribution < -0.4 is 21.6 Å². The number of benzene rings is 1. The molecule has 0 bridgehead atoms. The SMILES string of the molecule is Cc1c(CNC(=O)N2CCC(CCCC(=O)NO)CC2)sc2ccccc12.Cc1nc(CNC(=O)N2CCC(CCCC(=O)NO)CC2)c(C)s1. The summed E-state index contributed by atoms with van der Waals surface area (Å²) in [7, 11) is 0. The van der Waals surface area contributed by atoms with Crippen molar-refractivity contribution in [3.05, 3.63) is 50.3 Å². The van der Waals surface area contributed by atoms with Gasteiger partial charge >= 0.3 is 12.1 Å². The van der Waals surface area contributed by atoms with Gasteiger partial charge in [0.2, 0.25) is 11.8 Å². The lowest BCUT2D eigenvalue weighted by molar-refractivity contribution is -0.130. The van der Waals surface area contributed by atoms with E-state index >= 15 is 0 Å². The van der Waals surface area contributed by atoms with Crippen molar-refractivity contribution >= 4 is 56.6 Å². The van der Waals surface area contributed by atoms with Crippen molar-refractivity contribution in [3.63, 3.8) is 0 Å². The molecule has 1 aromatic carbocycles. The first kappa shape index (κ1) is 40.0. The van der Waals surface area contributed by atoms with Gasteiger partial charge in [-0.15, -0.1) is 22.7 Å². The number of carbonyl (C=O) groups excluding carboxylic acids is 4. The number of amides is 6. The summed E-state index contributed by atoms with van der Waals surface area (Å²) in [5.41, 5.74) is 5.52. The van der Waals surface area contributed by atoms with Gasteiger partial charge in [0.1, 0.15) is 0 Å². The number of carbonyl (C=O) groups is 4. The molecular formula is C36H53N7O6S2. The number of fused-ring (bicyclic) bond motifs is 1. The van der Waals surface area contributed by atoms with Crippen LogP contribution in [0.1, 0.15) is 90.2 Å². The lowest BCUT2D eigenvalue weighted by atomic mass is 9.91. The Hall–Kier alpha value is -3.79. The molecule has 15 heteroatoms. The molecule has 5 rings (SSSR count). The molecule has 0 spiro atoms. The predicted molar refractivity (Wildman–Crippen MR) is 199 cm³/mol. The molecule has 3 aromatic rings. The van der Waals surface area contributed by atoms with Crippen molar-refractivity contribution in [1.29, 1.82) is 0 Å². The highest BCUT2D eigenvalue weighted by Gasteiger charge is 2.24. The summed E-state index contributed by atoms with van der Waals surface area (Å²) in [6, 6.07) is 8.31. The fourth-order valence-electron chi connectivity index (χ4n) is 6.73. The third kappa shape index (κ3) is 12.4. The molecular weight excluding hydrogens is 691 g/mol. The zero-order chi connectivity index (χ0) is 36.8. The van der Waals surface area contributed by atoms with Crippen LogP contribution in [0.3, 0.4) is 0 Å². The van der Waals surface area contributed by atoms with E-state index in [-0.39, 0.29) is 23.9 Å². The summed E-state index contributed by atoms with van der Waals surface area (Å²) in [5.74, 6) is 0.428. The Morgan fingerprint density at radius 2 is 1.27 bits per heavy atom.